The fraction of sp³-hybridized carbons (Fsp3) is 0.353. The quantitative estimate of drug-likeness (QED) is 0.874. The fourth-order valence-corrected chi connectivity index (χ4v) is 2.72. The van der Waals surface area contributed by atoms with Gasteiger partial charge >= 0.3 is 12.3 Å². The number of halogens is 3. The van der Waals surface area contributed by atoms with Gasteiger partial charge in [-0.2, -0.15) is 0 Å². The molecule has 1 fully saturated rings. The molecule has 3 rings (SSSR count). The summed E-state index contributed by atoms with van der Waals surface area (Å²) in [5, 5.41) is 9.31. The molecule has 0 radical (unpaired) electrons. The number of benzene rings is 1. The molecule has 0 bridgehead atoms. The Labute approximate surface area is 136 Å². The highest BCUT2D eigenvalue weighted by atomic mass is 19.4. The second kappa shape index (κ2) is 5.89. The molecule has 0 atom stereocenters. The van der Waals surface area contributed by atoms with E-state index < -0.39 is 12.3 Å². The number of hydrogen-bond acceptors (Lipinski definition) is 2. The molecule has 0 saturated heterocycles. The number of hydrogen-bond donors (Lipinski definition) is 1. The number of aromatic nitrogens is 1. The number of aromatic carboxylic acids is 1. The van der Waals surface area contributed by atoms with E-state index in [4.69, 9.17) is 0 Å². The Morgan fingerprint density at radius 2 is 1.92 bits per heavy atom. The Kier molecular flexibility index (Phi) is 4.03. The molecule has 1 saturated carbocycles. The van der Waals surface area contributed by atoms with Gasteiger partial charge in [-0.05, 0) is 61.6 Å². The van der Waals surface area contributed by atoms with Crippen molar-refractivity contribution in [3.63, 3.8) is 0 Å². The van der Waals surface area contributed by atoms with Crippen molar-refractivity contribution in [1.82, 2.24) is 4.57 Å². The maximum absolute atomic E-state index is 12.2. The van der Waals surface area contributed by atoms with Gasteiger partial charge in [0.1, 0.15) is 5.75 Å². The summed E-state index contributed by atoms with van der Waals surface area (Å²) < 4.78 is 42.5. The third kappa shape index (κ3) is 3.55. The minimum atomic E-state index is -4.74. The van der Waals surface area contributed by atoms with Crippen LogP contribution in [-0.2, 0) is 6.54 Å². The Bertz CT molecular complexity index is 759. The molecule has 128 valence electrons. The zero-order chi connectivity index (χ0) is 17.5. The first-order valence-corrected chi connectivity index (χ1v) is 7.54. The highest BCUT2D eigenvalue weighted by molar-refractivity contribution is 5.91. The number of alkyl halides is 3. The number of rotatable bonds is 5. The molecule has 0 unspecified atom stereocenters. The van der Waals surface area contributed by atoms with Gasteiger partial charge in [-0.15, -0.1) is 13.2 Å². The van der Waals surface area contributed by atoms with Gasteiger partial charge < -0.3 is 14.4 Å². The van der Waals surface area contributed by atoms with Gasteiger partial charge in [-0.25, -0.2) is 4.79 Å². The lowest BCUT2D eigenvalue weighted by Crippen LogP contribution is -2.16. The molecule has 1 aliphatic carbocycles. The van der Waals surface area contributed by atoms with Crippen LogP contribution in [-0.4, -0.2) is 22.0 Å². The lowest BCUT2D eigenvalue weighted by Gasteiger charge is -2.12. The van der Waals surface area contributed by atoms with Crippen molar-refractivity contribution in [2.75, 3.05) is 0 Å². The van der Waals surface area contributed by atoms with E-state index in [2.05, 4.69) is 4.74 Å². The van der Waals surface area contributed by atoms with Crippen molar-refractivity contribution in [1.29, 1.82) is 0 Å². The molecular weight excluding hydrogens is 323 g/mol. The first-order valence-electron chi connectivity index (χ1n) is 7.54. The van der Waals surface area contributed by atoms with E-state index >= 15 is 0 Å². The number of carboxylic acids is 1. The van der Waals surface area contributed by atoms with Crippen LogP contribution in [0.1, 0.15) is 28.9 Å². The first-order chi connectivity index (χ1) is 11.2. The number of nitrogens with zero attached hydrogens (tertiary/aromatic N) is 1. The topological polar surface area (TPSA) is 51.5 Å². The van der Waals surface area contributed by atoms with Crippen LogP contribution < -0.4 is 4.74 Å². The molecule has 1 aromatic carbocycles. The maximum Gasteiger partial charge on any atom is 0.573 e. The van der Waals surface area contributed by atoms with E-state index in [1.165, 1.54) is 24.3 Å². The molecule has 0 spiro atoms. The summed E-state index contributed by atoms with van der Waals surface area (Å²) >= 11 is 0. The van der Waals surface area contributed by atoms with Gasteiger partial charge in [0, 0.05) is 17.9 Å². The standard InChI is InChI=1S/C17H16F3NO3/c1-10-14(16(22)23)8-15(21(10)9-11-2-3-11)12-4-6-13(7-5-12)24-17(18,19)20/h4-8,11H,2-3,9H2,1H3,(H,22,23). The second-order valence-electron chi connectivity index (χ2n) is 5.96. The van der Waals surface area contributed by atoms with E-state index in [1.807, 2.05) is 4.57 Å². The molecule has 24 heavy (non-hydrogen) atoms. The molecule has 7 heteroatoms. The minimum Gasteiger partial charge on any atom is -0.478 e. The molecule has 4 nitrogen and oxygen atoms in total. The third-order valence-corrected chi connectivity index (χ3v) is 4.12. The summed E-state index contributed by atoms with van der Waals surface area (Å²) in [5.41, 5.74) is 2.21. The van der Waals surface area contributed by atoms with Crippen molar-refractivity contribution < 1.29 is 27.8 Å². The number of ether oxygens (including phenoxy) is 1. The zero-order valence-electron chi connectivity index (χ0n) is 12.9. The van der Waals surface area contributed by atoms with Crippen LogP contribution in [0.15, 0.2) is 30.3 Å². The Hall–Kier alpha value is -2.44. The van der Waals surface area contributed by atoms with Crippen LogP contribution >= 0.6 is 0 Å². The average Bonchev–Trinajstić information content (AvgIpc) is 3.23. The highest BCUT2D eigenvalue weighted by Gasteiger charge is 2.31. The SMILES string of the molecule is Cc1c(C(=O)O)cc(-c2ccc(OC(F)(F)F)cc2)n1CC1CC1. The molecule has 1 aromatic heterocycles. The van der Waals surface area contributed by atoms with E-state index in [-0.39, 0.29) is 11.3 Å². The number of carbonyl (C=O) groups is 1. The second-order valence-corrected chi connectivity index (χ2v) is 5.96. The first kappa shape index (κ1) is 16.4. The van der Waals surface area contributed by atoms with Gasteiger partial charge in [-0.1, -0.05) is 0 Å². The summed E-state index contributed by atoms with van der Waals surface area (Å²) in [6.45, 7) is 2.46. The van der Waals surface area contributed by atoms with Crippen molar-refractivity contribution in [2.45, 2.75) is 32.7 Å². The summed E-state index contributed by atoms with van der Waals surface area (Å²) in [5.74, 6) is -0.786. The predicted octanol–water partition coefficient (Wildman–Crippen LogP) is 4.47. The van der Waals surface area contributed by atoms with Crippen molar-refractivity contribution in [3.05, 3.63) is 41.6 Å². The summed E-state index contributed by atoms with van der Waals surface area (Å²) in [6, 6.07) is 7.04. The molecule has 0 amide bonds. The smallest absolute Gasteiger partial charge is 0.478 e. The van der Waals surface area contributed by atoms with Gasteiger partial charge in [0.05, 0.1) is 5.56 Å². The van der Waals surface area contributed by atoms with E-state index in [0.717, 1.165) is 19.4 Å². The maximum atomic E-state index is 12.2. The van der Waals surface area contributed by atoms with Crippen LogP contribution in [0.4, 0.5) is 13.2 Å². The third-order valence-electron chi connectivity index (χ3n) is 4.12. The van der Waals surface area contributed by atoms with Crippen molar-refractivity contribution in [2.24, 2.45) is 5.92 Å². The summed E-state index contributed by atoms with van der Waals surface area (Å²) in [6.07, 6.45) is -2.52. The lowest BCUT2D eigenvalue weighted by molar-refractivity contribution is -0.274. The van der Waals surface area contributed by atoms with Crippen LogP contribution in [0.2, 0.25) is 0 Å². The minimum absolute atomic E-state index is 0.210. The van der Waals surface area contributed by atoms with Gasteiger partial charge in [0.15, 0.2) is 0 Å². The number of carboxylic acid groups (broad SMARTS) is 1. The lowest BCUT2D eigenvalue weighted by atomic mass is 10.1. The summed E-state index contributed by atoms with van der Waals surface area (Å²) in [4.78, 5) is 11.4. The van der Waals surface area contributed by atoms with Crippen LogP contribution in [0, 0.1) is 12.8 Å². The molecule has 1 N–H and O–H groups in total. The molecule has 1 heterocycles. The van der Waals surface area contributed by atoms with E-state index in [9.17, 15) is 23.1 Å². The van der Waals surface area contributed by atoms with Gasteiger partial charge in [-0.3, -0.25) is 0 Å². The molecular formula is C17H16F3NO3. The predicted molar refractivity (Wildman–Crippen MR) is 81.0 cm³/mol. The molecule has 1 aliphatic rings. The van der Waals surface area contributed by atoms with Crippen molar-refractivity contribution >= 4 is 5.97 Å². The zero-order valence-corrected chi connectivity index (χ0v) is 12.9. The van der Waals surface area contributed by atoms with Gasteiger partial charge in [0.2, 0.25) is 0 Å². The average molecular weight is 339 g/mol. The van der Waals surface area contributed by atoms with Crippen LogP contribution in [0.5, 0.6) is 5.75 Å². The monoisotopic (exact) mass is 339 g/mol. The summed E-state index contributed by atoms with van der Waals surface area (Å²) in [7, 11) is 0. The normalized spacial score (nSPS) is 14.7. The Morgan fingerprint density at radius 1 is 1.29 bits per heavy atom. The molecule has 0 aliphatic heterocycles. The Morgan fingerprint density at radius 3 is 2.42 bits per heavy atom. The van der Waals surface area contributed by atoms with E-state index in [0.29, 0.717) is 22.9 Å². The van der Waals surface area contributed by atoms with Crippen LogP contribution in [0.3, 0.4) is 0 Å². The van der Waals surface area contributed by atoms with Gasteiger partial charge in [0.25, 0.3) is 0 Å². The molecule has 2 aromatic rings. The largest absolute Gasteiger partial charge is 0.573 e. The Balaban J connectivity index is 1.95. The fourth-order valence-electron chi connectivity index (χ4n) is 2.72. The van der Waals surface area contributed by atoms with Crippen molar-refractivity contribution in [3.8, 4) is 17.0 Å². The van der Waals surface area contributed by atoms with E-state index in [1.54, 1.807) is 13.0 Å². The highest BCUT2D eigenvalue weighted by Crippen LogP contribution is 2.35. The van der Waals surface area contributed by atoms with Crippen LogP contribution in [0.25, 0.3) is 11.3 Å².